The molecule has 3 aromatic rings. The second-order valence-electron chi connectivity index (χ2n) is 6.62. The van der Waals surface area contributed by atoms with Gasteiger partial charge in [-0.3, -0.25) is 4.90 Å². The van der Waals surface area contributed by atoms with Gasteiger partial charge in [-0.05, 0) is 37.1 Å². The van der Waals surface area contributed by atoms with Crippen molar-refractivity contribution in [2.45, 2.75) is 25.4 Å². The number of likely N-dealkylation sites (tertiary alicyclic amines) is 1. The monoisotopic (exact) mass is 365 g/mol. The van der Waals surface area contributed by atoms with Crippen LogP contribution in [-0.2, 0) is 6.54 Å². The van der Waals surface area contributed by atoms with Gasteiger partial charge in [-0.1, -0.05) is 41.6 Å². The maximum Gasteiger partial charge on any atom is 0.241 e. The summed E-state index contributed by atoms with van der Waals surface area (Å²) in [4.78, 5) is 6.95. The van der Waals surface area contributed by atoms with E-state index in [0.29, 0.717) is 24.3 Å². The quantitative estimate of drug-likeness (QED) is 0.656. The minimum absolute atomic E-state index is 0.303. The van der Waals surface area contributed by atoms with Crippen molar-refractivity contribution in [3.05, 3.63) is 60.0 Å². The number of benzene rings is 2. The van der Waals surface area contributed by atoms with Crippen molar-refractivity contribution in [1.82, 2.24) is 15.0 Å². The normalized spacial score (nSPS) is 17.2. The number of methoxy groups -OCH3 is 2. The lowest BCUT2D eigenvalue weighted by atomic mass is 10.0. The van der Waals surface area contributed by atoms with Crippen LogP contribution in [0.3, 0.4) is 0 Å². The highest BCUT2D eigenvalue weighted by molar-refractivity contribution is 5.53. The van der Waals surface area contributed by atoms with Crippen LogP contribution >= 0.6 is 0 Å². The lowest BCUT2D eigenvalue weighted by Crippen LogP contribution is -2.23. The van der Waals surface area contributed by atoms with E-state index in [1.54, 1.807) is 14.2 Å². The molecule has 1 atom stereocenters. The maximum absolute atomic E-state index is 5.50. The molecule has 1 unspecified atom stereocenters. The van der Waals surface area contributed by atoms with Crippen LogP contribution in [0.2, 0.25) is 0 Å². The summed E-state index contributed by atoms with van der Waals surface area (Å²) in [5.74, 6) is 2.77. The van der Waals surface area contributed by atoms with Crippen LogP contribution in [0.1, 0.15) is 30.3 Å². The van der Waals surface area contributed by atoms with Gasteiger partial charge in [0.2, 0.25) is 11.7 Å². The molecule has 6 heteroatoms. The Bertz CT molecular complexity index is 895. The highest BCUT2D eigenvalue weighted by Gasteiger charge is 2.28. The van der Waals surface area contributed by atoms with E-state index in [-0.39, 0.29) is 0 Å². The van der Waals surface area contributed by atoms with E-state index in [1.807, 2.05) is 36.4 Å². The average Bonchev–Trinajstić information content (AvgIpc) is 3.38. The van der Waals surface area contributed by atoms with Gasteiger partial charge in [-0.2, -0.15) is 4.98 Å². The SMILES string of the molecule is COc1ccc(C2CCCN2Cc2nc(-c3ccccc3)no2)cc1OC. The molecule has 1 aromatic heterocycles. The first-order valence-electron chi connectivity index (χ1n) is 9.12. The minimum Gasteiger partial charge on any atom is -0.493 e. The number of nitrogens with zero attached hydrogens (tertiary/aromatic N) is 3. The van der Waals surface area contributed by atoms with Crippen molar-refractivity contribution in [1.29, 1.82) is 0 Å². The molecule has 1 fully saturated rings. The average molecular weight is 365 g/mol. The fraction of sp³-hybridized carbons (Fsp3) is 0.333. The Kier molecular flexibility index (Phi) is 5.07. The topological polar surface area (TPSA) is 60.6 Å². The molecule has 0 N–H and O–H groups in total. The first-order chi connectivity index (χ1) is 13.3. The van der Waals surface area contributed by atoms with Crippen molar-refractivity contribution in [3.63, 3.8) is 0 Å². The van der Waals surface area contributed by atoms with E-state index >= 15 is 0 Å². The number of hydrogen-bond donors (Lipinski definition) is 0. The Morgan fingerprint density at radius 2 is 1.89 bits per heavy atom. The summed E-state index contributed by atoms with van der Waals surface area (Å²) < 4.78 is 16.3. The fourth-order valence-electron chi connectivity index (χ4n) is 3.65. The molecule has 0 radical (unpaired) electrons. The second-order valence-corrected chi connectivity index (χ2v) is 6.62. The van der Waals surface area contributed by atoms with Crippen LogP contribution in [0.4, 0.5) is 0 Å². The summed E-state index contributed by atoms with van der Waals surface area (Å²) in [7, 11) is 3.32. The summed E-state index contributed by atoms with van der Waals surface area (Å²) in [6.45, 7) is 1.64. The van der Waals surface area contributed by atoms with Crippen LogP contribution in [0.15, 0.2) is 53.1 Å². The van der Waals surface area contributed by atoms with Crippen LogP contribution in [0.25, 0.3) is 11.4 Å². The number of hydrogen-bond acceptors (Lipinski definition) is 6. The smallest absolute Gasteiger partial charge is 0.241 e. The molecule has 1 aliphatic rings. The van der Waals surface area contributed by atoms with Gasteiger partial charge in [0.05, 0.1) is 20.8 Å². The molecule has 6 nitrogen and oxygen atoms in total. The summed E-state index contributed by atoms with van der Waals surface area (Å²) >= 11 is 0. The molecule has 0 aliphatic carbocycles. The third-order valence-electron chi connectivity index (χ3n) is 4.99. The molecule has 1 aliphatic heterocycles. The number of aromatic nitrogens is 2. The molecule has 140 valence electrons. The second kappa shape index (κ2) is 7.80. The zero-order chi connectivity index (χ0) is 18.6. The van der Waals surface area contributed by atoms with E-state index in [4.69, 9.17) is 14.0 Å². The Balaban J connectivity index is 1.52. The minimum atomic E-state index is 0.303. The molecule has 4 rings (SSSR count). The summed E-state index contributed by atoms with van der Waals surface area (Å²) in [6.07, 6.45) is 2.23. The molecule has 0 amide bonds. The summed E-state index contributed by atoms with van der Waals surface area (Å²) in [6, 6.07) is 16.3. The Morgan fingerprint density at radius 3 is 2.67 bits per heavy atom. The Labute approximate surface area is 158 Å². The van der Waals surface area contributed by atoms with E-state index in [2.05, 4.69) is 27.2 Å². The van der Waals surface area contributed by atoms with E-state index in [1.165, 1.54) is 5.56 Å². The summed E-state index contributed by atoms with van der Waals surface area (Å²) in [5.41, 5.74) is 2.18. The van der Waals surface area contributed by atoms with Crippen LogP contribution in [0.5, 0.6) is 11.5 Å². The Hall–Kier alpha value is -2.86. The third kappa shape index (κ3) is 3.66. The van der Waals surface area contributed by atoms with Gasteiger partial charge in [0.25, 0.3) is 0 Å². The molecule has 0 bridgehead atoms. The van der Waals surface area contributed by atoms with E-state index in [9.17, 15) is 0 Å². The summed E-state index contributed by atoms with van der Waals surface area (Å²) in [5, 5.41) is 4.13. The van der Waals surface area contributed by atoms with Gasteiger partial charge in [-0.25, -0.2) is 0 Å². The van der Waals surface area contributed by atoms with Crippen molar-refractivity contribution in [3.8, 4) is 22.9 Å². The third-order valence-corrected chi connectivity index (χ3v) is 4.99. The largest absolute Gasteiger partial charge is 0.493 e. The predicted octanol–water partition coefficient (Wildman–Crippen LogP) is 4.09. The van der Waals surface area contributed by atoms with Gasteiger partial charge in [0, 0.05) is 11.6 Å². The number of ether oxygens (including phenoxy) is 2. The van der Waals surface area contributed by atoms with Crippen molar-refractivity contribution in [2.75, 3.05) is 20.8 Å². The predicted molar refractivity (Wildman–Crippen MR) is 102 cm³/mol. The fourth-order valence-corrected chi connectivity index (χ4v) is 3.65. The van der Waals surface area contributed by atoms with Crippen molar-refractivity contribution >= 4 is 0 Å². The van der Waals surface area contributed by atoms with E-state index < -0.39 is 0 Å². The molecular weight excluding hydrogens is 342 g/mol. The van der Waals surface area contributed by atoms with Gasteiger partial charge in [0.15, 0.2) is 11.5 Å². The first kappa shape index (κ1) is 17.5. The molecular formula is C21H23N3O3. The molecule has 27 heavy (non-hydrogen) atoms. The highest BCUT2D eigenvalue weighted by atomic mass is 16.5. The van der Waals surface area contributed by atoms with E-state index in [0.717, 1.165) is 36.4 Å². The molecule has 1 saturated heterocycles. The number of rotatable bonds is 6. The molecule has 2 aromatic carbocycles. The first-order valence-corrected chi connectivity index (χ1v) is 9.12. The van der Waals surface area contributed by atoms with Gasteiger partial charge < -0.3 is 14.0 Å². The zero-order valence-electron chi connectivity index (χ0n) is 15.6. The Morgan fingerprint density at radius 1 is 1.07 bits per heavy atom. The maximum atomic E-state index is 5.50. The van der Waals surface area contributed by atoms with Crippen LogP contribution < -0.4 is 9.47 Å². The van der Waals surface area contributed by atoms with Gasteiger partial charge in [0.1, 0.15) is 0 Å². The molecule has 0 saturated carbocycles. The van der Waals surface area contributed by atoms with Gasteiger partial charge in [-0.15, -0.1) is 0 Å². The molecule has 2 heterocycles. The van der Waals surface area contributed by atoms with Crippen LogP contribution in [0, 0.1) is 0 Å². The zero-order valence-corrected chi connectivity index (χ0v) is 15.6. The highest BCUT2D eigenvalue weighted by Crippen LogP contribution is 2.37. The van der Waals surface area contributed by atoms with Crippen molar-refractivity contribution in [2.24, 2.45) is 0 Å². The van der Waals surface area contributed by atoms with Crippen molar-refractivity contribution < 1.29 is 14.0 Å². The van der Waals surface area contributed by atoms with Crippen LogP contribution in [-0.4, -0.2) is 35.8 Å². The standard InChI is InChI=1S/C21H23N3O3/c1-25-18-11-10-16(13-19(18)26-2)17-9-6-12-24(17)14-20-22-21(23-27-20)15-7-4-3-5-8-15/h3-5,7-8,10-11,13,17H,6,9,12,14H2,1-2H3. The van der Waals surface area contributed by atoms with Gasteiger partial charge >= 0.3 is 0 Å². The lowest BCUT2D eigenvalue weighted by Gasteiger charge is -2.23. The molecule has 0 spiro atoms. The lowest BCUT2D eigenvalue weighted by molar-refractivity contribution is 0.212.